The number of aromatic hydroxyl groups is 1. The number of halogens is 1. The molecule has 0 radical (unpaired) electrons. The summed E-state index contributed by atoms with van der Waals surface area (Å²) in [5, 5.41) is 21.9. The minimum Gasteiger partial charge on any atom is -0.507 e. The number of anilines is 1. The number of methoxy groups -OCH3 is 1. The smallest absolute Gasteiger partial charge is 0.300 e. The fourth-order valence-corrected chi connectivity index (χ4v) is 4.30. The number of benzene rings is 3. The molecule has 186 valence electrons. The third-order valence-electron chi connectivity index (χ3n) is 6.07. The summed E-state index contributed by atoms with van der Waals surface area (Å²) in [6, 6.07) is 12.4. The third kappa shape index (κ3) is 4.26. The van der Waals surface area contributed by atoms with E-state index < -0.39 is 29.3 Å². The second-order valence-electron chi connectivity index (χ2n) is 8.47. The van der Waals surface area contributed by atoms with Crippen molar-refractivity contribution in [3.63, 3.8) is 0 Å². The van der Waals surface area contributed by atoms with Crippen molar-refractivity contribution in [3.05, 3.63) is 88.2 Å². The van der Waals surface area contributed by atoms with Gasteiger partial charge in [0.1, 0.15) is 17.3 Å². The molecule has 1 aliphatic rings. The first-order valence-electron chi connectivity index (χ1n) is 11.4. The molecule has 8 heteroatoms. The number of hydrogen-bond donors (Lipinski definition) is 2. The molecular formula is C28H26FNO6. The van der Waals surface area contributed by atoms with E-state index in [-0.39, 0.29) is 28.1 Å². The van der Waals surface area contributed by atoms with E-state index in [0.717, 1.165) is 10.5 Å². The molecule has 36 heavy (non-hydrogen) atoms. The standard InChI is InChI=1S/C28H26FNO6/c1-5-36-23-14-17(8-11-22(23)35-4)25-24(26(32)18-7-9-19(29)16(3)13-18)27(33)28(34)30(25)20-12-15(2)6-10-21(20)31/h6-14,25,31-32H,5H2,1-4H3/b26-24-. The lowest BCUT2D eigenvalue weighted by Crippen LogP contribution is -2.29. The summed E-state index contributed by atoms with van der Waals surface area (Å²) in [5.41, 5.74) is 1.57. The van der Waals surface area contributed by atoms with Crippen molar-refractivity contribution in [1.29, 1.82) is 0 Å². The number of carbonyl (C=O) groups excluding carboxylic acids is 2. The maximum Gasteiger partial charge on any atom is 0.300 e. The lowest BCUT2D eigenvalue weighted by molar-refractivity contribution is -0.132. The van der Waals surface area contributed by atoms with Crippen LogP contribution in [0.5, 0.6) is 17.2 Å². The van der Waals surface area contributed by atoms with Crippen LogP contribution in [0.1, 0.15) is 35.2 Å². The number of amides is 1. The number of aliphatic hydroxyl groups is 1. The summed E-state index contributed by atoms with van der Waals surface area (Å²) in [6.07, 6.45) is 0. The second-order valence-corrected chi connectivity index (χ2v) is 8.47. The molecule has 0 spiro atoms. The minimum absolute atomic E-state index is 0.116. The number of phenolic OH excluding ortho intramolecular Hbond substituents is 1. The molecule has 1 heterocycles. The van der Waals surface area contributed by atoms with Crippen LogP contribution in [0.2, 0.25) is 0 Å². The largest absolute Gasteiger partial charge is 0.507 e. The quantitative estimate of drug-likeness (QED) is 0.280. The molecule has 4 rings (SSSR count). The average molecular weight is 492 g/mol. The van der Waals surface area contributed by atoms with Gasteiger partial charge < -0.3 is 19.7 Å². The molecular weight excluding hydrogens is 465 g/mol. The lowest BCUT2D eigenvalue weighted by atomic mass is 9.94. The zero-order valence-electron chi connectivity index (χ0n) is 20.3. The van der Waals surface area contributed by atoms with Crippen LogP contribution in [-0.4, -0.2) is 35.6 Å². The number of nitrogens with zero attached hydrogens (tertiary/aromatic N) is 1. The summed E-state index contributed by atoms with van der Waals surface area (Å²) in [6.45, 7) is 5.47. The maximum atomic E-state index is 13.9. The highest BCUT2D eigenvalue weighted by Crippen LogP contribution is 2.46. The number of aliphatic hydroxyl groups excluding tert-OH is 1. The van der Waals surface area contributed by atoms with Crippen molar-refractivity contribution in [2.24, 2.45) is 0 Å². The summed E-state index contributed by atoms with van der Waals surface area (Å²) in [4.78, 5) is 27.9. The topological polar surface area (TPSA) is 96.3 Å². The first kappa shape index (κ1) is 24.8. The van der Waals surface area contributed by atoms with Crippen LogP contribution >= 0.6 is 0 Å². The molecule has 1 atom stereocenters. The average Bonchev–Trinajstić information content (AvgIpc) is 3.12. The number of rotatable bonds is 6. The fraction of sp³-hybridized carbons (Fsp3) is 0.214. The van der Waals surface area contributed by atoms with Gasteiger partial charge in [-0.3, -0.25) is 14.5 Å². The molecule has 2 N–H and O–H groups in total. The van der Waals surface area contributed by atoms with E-state index in [1.54, 1.807) is 44.2 Å². The normalized spacial score (nSPS) is 16.9. The Morgan fingerprint density at radius 3 is 2.44 bits per heavy atom. The van der Waals surface area contributed by atoms with Crippen LogP contribution < -0.4 is 14.4 Å². The number of ether oxygens (including phenoxy) is 2. The van der Waals surface area contributed by atoms with Crippen LogP contribution in [0.25, 0.3) is 5.76 Å². The number of aryl methyl sites for hydroxylation is 2. The number of Topliss-reactive ketones (excluding diaryl/α,β-unsaturated/α-hetero) is 1. The highest BCUT2D eigenvalue weighted by molar-refractivity contribution is 6.52. The zero-order chi connectivity index (χ0) is 26.1. The van der Waals surface area contributed by atoms with Gasteiger partial charge in [0.2, 0.25) is 0 Å². The van der Waals surface area contributed by atoms with E-state index in [0.29, 0.717) is 23.7 Å². The monoisotopic (exact) mass is 491 g/mol. The lowest BCUT2D eigenvalue weighted by Gasteiger charge is -2.27. The van der Waals surface area contributed by atoms with Crippen molar-refractivity contribution in [2.75, 3.05) is 18.6 Å². The molecule has 1 unspecified atom stereocenters. The summed E-state index contributed by atoms with van der Waals surface area (Å²) < 4.78 is 24.9. The van der Waals surface area contributed by atoms with Crippen molar-refractivity contribution < 1.29 is 33.7 Å². The van der Waals surface area contributed by atoms with E-state index in [1.807, 2.05) is 0 Å². The van der Waals surface area contributed by atoms with Crippen molar-refractivity contribution in [3.8, 4) is 17.2 Å². The van der Waals surface area contributed by atoms with Crippen LogP contribution in [0.4, 0.5) is 10.1 Å². The first-order valence-corrected chi connectivity index (χ1v) is 11.4. The predicted molar refractivity (Wildman–Crippen MR) is 133 cm³/mol. The van der Waals surface area contributed by atoms with Crippen molar-refractivity contribution in [1.82, 2.24) is 0 Å². The molecule has 1 aliphatic heterocycles. The van der Waals surface area contributed by atoms with Crippen LogP contribution in [0.3, 0.4) is 0 Å². The summed E-state index contributed by atoms with van der Waals surface area (Å²) in [5.74, 6) is -2.15. The summed E-state index contributed by atoms with van der Waals surface area (Å²) >= 11 is 0. The number of phenols is 1. The Morgan fingerprint density at radius 2 is 1.78 bits per heavy atom. The van der Waals surface area contributed by atoms with Crippen LogP contribution in [-0.2, 0) is 9.59 Å². The third-order valence-corrected chi connectivity index (χ3v) is 6.07. The molecule has 1 saturated heterocycles. The second kappa shape index (κ2) is 9.73. The summed E-state index contributed by atoms with van der Waals surface area (Å²) in [7, 11) is 1.49. The van der Waals surface area contributed by atoms with E-state index >= 15 is 0 Å². The maximum absolute atomic E-state index is 13.9. The van der Waals surface area contributed by atoms with Gasteiger partial charge in [0.05, 0.1) is 31.0 Å². The highest BCUT2D eigenvalue weighted by atomic mass is 19.1. The fourth-order valence-electron chi connectivity index (χ4n) is 4.30. The van der Waals surface area contributed by atoms with E-state index in [4.69, 9.17) is 9.47 Å². The number of hydrogen-bond acceptors (Lipinski definition) is 6. The molecule has 1 amide bonds. The molecule has 1 fully saturated rings. The Hall–Kier alpha value is -4.33. The van der Waals surface area contributed by atoms with Crippen LogP contribution in [0.15, 0.2) is 60.2 Å². The van der Waals surface area contributed by atoms with Crippen molar-refractivity contribution in [2.45, 2.75) is 26.8 Å². The minimum atomic E-state index is -1.10. The Bertz CT molecular complexity index is 1400. The van der Waals surface area contributed by atoms with Gasteiger partial charge >= 0.3 is 0 Å². The van der Waals surface area contributed by atoms with Gasteiger partial charge in [-0.25, -0.2) is 4.39 Å². The SMILES string of the molecule is CCOc1cc(C2/C(=C(/O)c3ccc(F)c(C)c3)C(=O)C(=O)N2c2cc(C)ccc2O)ccc1OC. The molecule has 0 bridgehead atoms. The molecule has 3 aromatic rings. The van der Waals surface area contributed by atoms with Crippen molar-refractivity contribution >= 4 is 23.1 Å². The van der Waals surface area contributed by atoms with Gasteiger partial charge in [-0.1, -0.05) is 12.1 Å². The Labute approximate surface area is 208 Å². The first-order chi connectivity index (χ1) is 17.2. The molecule has 0 aromatic heterocycles. The Balaban J connectivity index is 2.01. The van der Waals surface area contributed by atoms with E-state index in [9.17, 15) is 24.2 Å². The Kier molecular flexibility index (Phi) is 6.70. The van der Waals surface area contributed by atoms with E-state index in [1.165, 1.54) is 38.3 Å². The van der Waals surface area contributed by atoms with Gasteiger partial charge in [0, 0.05) is 5.56 Å². The van der Waals surface area contributed by atoms with Gasteiger partial charge in [-0.05, 0) is 79.9 Å². The molecule has 0 aliphatic carbocycles. The van der Waals surface area contributed by atoms with Gasteiger partial charge in [-0.15, -0.1) is 0 Å². The molecule has 7 nitrogen and oxygen atoms in total. The van der Waals surface area contributed by atoms with Gasteiger partial charge in [0.15, 0.2) is 11.5 Å². The number of carbonyl (C=O) groups is 2. The van der Waals surface area contributed by atoms with E-state index in [2.05, 4.69) is 0 Å². The number of ketones is 1. The molecule has 0 saturated carbocycles. The highest BCUT2D eigenvalue weighted by Gasteiger charge is 2.48. The Morgan fingerprint density at radius 1 is 1.03 bits per heavy atom. The predicted octanol–water partition coefficient (Wildman–Crippen LogP) is 5.18. The van der Waals surface area contributed by atoms with Gasteiger partial charge in [0.25, 0.3) is 11.7 Å². The van der Waals surface area contributed by atoms with Crippen LogP contribution in [0, 0.1) is 19.7 Å². The molecule has 3 aromatic carbocycles. The zero-order valence-corrected chi connectivity index (χ0v) is 20.3. The van der Waals surface area contributed by atoms with Gasteiger partial charge in [-0.2, -0.15) is 0 Å².